The van der Waals surface area contributed by atoms with E-state index in [0.717, 1.165) is 32.4 Å². The molecule has 1 aromatic rings. The zero-order valence-electron chi connectivity index (χ0n) is 12.7. The number of carbonyl (C=O) groups is 1. The standard InChI is InChI=1S/C17H23FN2O/c1-12(13-5-3-4-6-15(13)18)20(2)16(21)14-11-17(14)7-9-19-10-8-17/h3-6,12,14,19H,7-11H2,1-2H3/t12-,14-/m0/s1. The average Bonchev–Trinajstić information content (AvgIpc) is 3.19. The average molecular weight is 290 g/mol. The van der Waals surface area contributed by atoms with Crippen molar-refractivity contribution in [3.8, 4) is 0 Å². The molecule has 0 radical (unpaired) electrons. The summed E-state index contributed by atoms with van der Waals surface area (Å²) in [5.41, 5.74) is 0.819. The predicted molar refractivity (Wildman–Crippen MR) is 80.2 cm³/mol. The van der Waals surface area contributed by atoms with Crippen molar-refractivity contribution in [3.63, 3.8) is 0 Å². The molecule has 2 aliphatic rings. The highest BCUT2D eigenvalue weighted by molar-refractivity contribution is 5.83. The van der Waals surface area contributed by atoms with Crippen molar-refractivity contribution < 1.29 is 9.18 Å². The lowest BCUT2D eigenvalue weighted by molar-refractivity contribution is -0.134. The monoisotopic (exact) mass is 290 g/mol. The molecule has 1 aliphatic heterocycles. The third-order valence-corrected chi connectivity index (χ3v) is 5.37. The molecule has 1 saturated heterocycles. The first kappa shape index (κ1) is 14.5. The highest BCUT2D eigenvalue weighted by Gasteiger charge is 2.58. The molecular weight excluding hydrogens is 267 g/mol. The first-order valence-corrected chi connectivity index (χ1v) is 7.77. The van der Waals surface area contributed by atoms with Gasteiger partial charge in [0, 0.05) is 18.5 Å². The van der Waals surface area contributed by atoms with Gasteiger partial charge < -0.3 is 10.2 Å². The Hall–Kier alpha value is -1.42. The van der Waals surface area contributed by atoms with Gasteiger partial charge >= 0.3 is 0 Å². The maximum Gasteiger partial charge on any atom is 0.226 e. The molecule has 0 bridgehead atoms. The van der Waals surface area contributed by atoms with Crippen LogP contribution < -0.4 is 5.32 Å². The van der Waals surface area contributed by atoms with Gasteiger partial charge in [0.25, 0.3) is 0 Å². The Kier molecular flexibility index (Phi) is 3.74. The van der Waals surface area contributed by atoms with E-state index >= 15 is 0 Å². The molecule has 1 N–H and O–H groups in total. The third-order valence-electron chi connectivity index (χ3n) is 5.37. The minimum absolute atomic E-state index is 0.138. The molecule has 21 heavy (non-hydrogen) atoms. The fourth-order valence-corrected chi connectivity index (χ4v) is 3.63. The molecule has 2 fully saturated rings. The van der Waals surface area contributed by atoms with Gasteiger partial charge in [0.15, 0.2) is 0 Å². The Morgan fingerprint density at radius 2 is 2.05 bits per heavy atom. The Balaban J connectivity index is 1.69. The molecular formula is C17H23FN2O. The summed E-state index contributed by atoms with van der Waals surface area (Å²) >= 11 is 0. The molecule has 0 unspecified atom stereocenters. The lowest BCUT2D eigenvalue weighted by Crippen LogP contribution is -2.36. The van der Waals surface area contributed by atoms with Crippen LogP contribution >= 0.6 is 0 Å². The summed E-state index contributed by atoms with van der Waals surface area (Å²) in [5.74, 6) is 0.0727. The highest BCUT2D eigenvalue weighted by Crippen LogP contribution is 2.59. The molecule has 3 nitrogen and oxygen atoms in total. The van der Waals surface area contributed by atoms with E-state index in [9.17, 15) is 9.18 Å². The maximum absolute atomic E-state index is 13.9. The molecule has 2 atom stereocenters. The van der Waals surface area contributed by atoms with Crippen LogP contribution in [0.25, 0.3) is 0 Å². The van der Waals surface area contributed by atoms with Crippen molar-refractivity contribution in [1.82, 2.24) is 10.2 Å². The van der Waals surface area contributed by atoms with Gasteiger partial charge in [-0.25, -0.2) is 4.39 Å². The van der Waals surface area contributed by atoms with Gasteiger partial charge in [-0.1, -0.05) is 18.2 Å². The number of carbonyl (C=O) groups excluding carboxylic acids is 1. The van der Waals surface area contributed by atoms with Crippen molar-refractivity contribution in [2.75, 3.05) is 20.1 Å². The molecule has 1 saturated carbocycles. The zero-order valence-corrected chi connectivity index (χ0v) is 12.7. The van der Waals surface area contributed by atoms with Gasteiger partial charge in [-0.2, -0.15) is 0 Å². The topological polar surface area (TPSA) is 32.3 Å². The van der Waals surface area contributed by atoms with E-state index in [4.69, 9.17) is 0 Å². The lowest BCUT2D eigenvalue weighted by Gasteiger charge is -2.28. The van der Waals surface area contributed by atoms with E-state index in [2.05, 4.69) is 5.32 Å². The smallest absolute Gasteiger partial charge is 0.226 e. The van der Waals surface area contributed by atoms with Crippen molar-refractivity contribution in [1.29, 1.82) is 0 Å². The minimum atomic E-state index is -0.239. The van der Waals surface area contributed by atoms with E-state index < -0.39 is 0 Å². The first-order chi connectivity index (χ1) is 10.1. The SMILES string of the molecule is C[C@@H](c1ccccc1F)N(C)C(=O)[C@@H]1CC12CCNCC2. The van der Waals surface area contributed by atoms with E-state index in [0.29, 0.717) is 5.56 Å². The first-order valence-electron chi connectivity index (χ1n) is 7.77. The minimum Gasteiger partial charge on any atom is -0.339 e. The molecule has 3 rings (SSSR count). The van der Waals surface area contributed by atoms with Crippen LogP contribution in [0.5, 0.6) is 0 Å². The van der Waals surface area contributed by atoms with Crippen LogP contribution in [0, 0.1) is 17.2 Å². The highest BCUT2D eigenvalue weighted by atomic mass is 19.1. The second kappa shape index (κ2) is 5.41. The van der Waals surface area contributed by atoms with Gasteiger partial charge in [-0.05, 0) is 50.8 Å². The quantitative estimate of drug-likeness (QED) is 0.928. The Labute approximate surface area is 125 Å². The van der Waals surface area contributed by atoms with Crippen LogP contribution in [0.15, 0.2) is 24.3 Å². The molecule has 1 heterocycles. The number of nitrogens with zero attached hydrogens (tertiary/aromatic N) is 1. The summed E-state index contributed by atoms with van der Waals surface area (Å²) in [6.07, 6.45) is 3.18. The van der Waals surface area contributed by atoms with Gasteiger partial charge in [0.05, 0.1) is 6.04 Å². The molecule has 1 aromatic carbocycles. The predicted octanol–water partition coefficient (Wildman–Crippen LogP) is 2.73. The van der Waals surface area contributed by atoms with Crippen molar-refractivity contribution in [3.05, 3.63) is 35.6 Å². The Bertz CT molecular complexity index is 539. The lowest BCUT2D eigenvalue weighted by atomic mass is 9.91. The van der Waals surface area contributed by atoms with Crippen LogP contribution in [0.2, 0.25) is 0 Å². The molecule has 114 valence electrons. The molecule has 1 aliphatic carbocycles. The number of piperidine rings is 1. The van der Waals surface area contributed by atoms with Gasteiger partial charge in [-0.15, -0.1) is 0 Å². The van der Waals surface area contributed by atoms with Crippen LogP contribution in [-0.4, -0.2) is 30.9 Å². The van der Waals surface area contributed by atoms with Crippen molar-refractivity contribution in [2.45, 2.75) is 32.2 Å². The zero-order chi connectivity index (χ0) is 15.0. The Morgan fingerprint density at radius 1 is 1.38 bits per heavy atom. The van der Waals surface area contributed by atoms with Crippen LogP contribution in [0.3, 0.4) is 0 Å². The fraction of sp³-hybridized carbons (Fsp3) is 0.588. The summed E-state index contributed by atoms with van der Waals surface area (Å²) < 4.78 is 13.9. The van der Waals surface area contributed by atoms with Crippen LogP contribution in [-0.2, 0) is 4.79 Å². The number of hydrogen-bond acceptors (Lipinski definition) is 2. The van der Waals surface area contributed by atoms with E-state index in [-0.39, 0.29) is 29.1 Å². The van der Waals surface area contributed by atoms with Gasteiger partial charge in [0.2, 0.25) is 5.91 Å². The fourth-order valence-electron chi connectivity index (χ4n) is 3.63. The second-order valence-corrected chi connectivity index (χ2v) is 6.52. The number of rotatable bonds is 3. The van der Waals surface area contributed by atoms with Crippen molar-refractivity contribution in [2.24, 2.45) is 11.3 Å². The van der Waals surface area contributed by atoms with Crippen LogP contribution in [0.4, 0.5) is 4.39 Å². The molecule has 0 aromatic heterocycles. The number of nitrogens with one attached hydrogen (secondary N) is 1. The van der Waals surface area contributed by atoms with Crippen LogP contribution in [0.1, 0.15) is 37.8 Å². The summed E-state index contributed by atoms with van der Waals surface area (Å²) in [6, 6.07) is 6.49. The molecule has 1 amide bonds. The largest absolute Gasteiger partial charge is 0.339 e. The second-order valence-electron chi connectivity index (χ2n) is 6.52. The van der Waals surface area contributed by atoms with Gasteiger partial charge in [-0.3, -0.25) is 4.79 Å². The van der Waals surface area contributed by atoms with Gasteiger partial charge in [0.1, 0.15) is 5.82 Å². The van der Waals surface area contributed by atoms with E-state index in [1.54, 1.807) is 24.1 Å². The van der Waals surface area contributed by atoms with E-state index in [1.165, 1.54) is 6.07 Å². The molecule has 4 heteroatoms. The molecule has 1 spiro atoms. The summed E-state index contributed by atoms with van der Waals surface area (Å²) in [4.78, 5) is 14.4. The van der Waals surface area contributed by atoms with E-state index in [1.807, 2.05) is 13.0 Å². The normalized spacial score (nSPS) is 24.6. The number of hydrogen-bond donors (Lipinski definition) is 1. The summed E-state index contributed by atoms with van der Waals surface area (Å²) in [7, 11) is 1.80. The number of benzene rings is 1. The Morgan fingerprint density at radius 3 is 2.71 bits per heavy atom. The number of halogens is 1. The van der Waals surface area contributed by atoms with Crippen molar-refractivity contribution >= 4 is 5.91 Å². The summed E-state index contributed by atoms with van der Waals surface area (Å²) in [6.45, 7) is 3.92. The summed E-state index contributed by atoms with van der Waals surface area (Å²) in [5, 5.41) is 3.35. The number of amides is 1. The third kappa shape index (κ3) is 2.57. The maximum atomic E-state index is 13.9.